The van der Waals surface area contributed by atoms with Crippen LogP contribution in [0.15, 0.2) is 30.3 Å². The summed E-state index contributed by atoms with van der Waals surface area (Å²) in [5, 5.41) is 0. The van der Waals surface area contributed by atoms with Gasteiger partial charge in [0.1, 0.15) is 0 Å². The van der Waals surface area contributed by atoms with Gasteiger partial charge in [-0.2, -0.15) is 0 Å². The van der Waals surface area contributed by atoms with Gasteiger partial charge in [0.15, 0.2) is 0 Å². The van der Waals surface area contributed by atoms with E-state index in [0.717, 1.165) is 17.4 Å². The van der Waals surface area contributed by atoms with Crippen molar-refractivity contribution < 1.29 is 8.85 Å². The molecule has 0 saturated heterocycles. The van der Waals surface area contributed by atoms with Gasteiger partial charge in [-0.1, -0.05) is 87.8 Å². The predicted molar refractivity (Wildman–Crippen MR) is 128 cm³/mol. The van der Waals surface area contributed by atoms with Crippen LogP contribution < -0.4 is 0 Å². The van der Waals surface area contributed by atoms with Crippen molar-refractivity contribution >= 4 is 23.2 Å². The molecular formula is C26H38O2Si2. The van der Waals surface area contributed by atoms with Crippen LogP contribution in [0.5, 0.6) is 0 Å². The van der Waals surface area contributed by atoms with Crippen LogP contribution in [0.2, 0.25) is 5.54 Å². The maximum atomic E-state index is 7.14. The molecule has 3 saturated carbocycles. The highest BCUT2D eigenvalue weighted by Gasteiger charge is 2.53. The fourth-order valence-corrected chi connectivity index (χ4v) is 15.3. The summed E-state index contributed by atoms with van der Waals surface area (Å²) in [6.07, 6.45) is 22.0. The summed E-state index contributed by atoms with van der Waals surface area (Å²) in [4.78, 5) is 0. The number of allylic oxidation sites excluding steroid dienone is 1. The number of hydrogen-bond donors (Lipinski definition) is 0. The average Bonchev–Trinajstić information content (AvgIpc) is 3.58. The molecule has 5 rings (SSSR count). The molecule has 0 spiro atoms. The zero-order chi connectivity index (χ0) is 20.4. The van der Waals surface area contributed by atoms with Gasteiger partial charge in [0.25, 0.3) is 0 Å². The van der Waals surface area contributed by atoms with E-state index in [2.05, 4.69) is 36.4 Å². The van der Waals surface area contributed by atoms with Gasteiger partial charge in [0.05, 0.1) is 0 Å². The fourth-order valence-electron chi connectivity index (χ4n) is 7.02. The molecule has 2 atom stereocenters. The van der Waals surface area contributed by atoms with Crippen LogP contribution in [0.1, 0.15) is 93.7 Å². The topological polar surface area (TPSA) is 18.5 Å². The highest BCUT2D eigenvalue weighted by molar-refractivity contribution is 7.20. The van der Waals surface area contributed by atoms with E-state index < -0.39 is 7.83 Å². The Morgan fingerprint density at radius 3 is 2.10 bits per heavy atom. The molecule has 0 amide bonds. The van der Waals surface area contributed by atoms with Gasteiger partial charge in [-0.25, -0.2) is 0 Å². The monoisotopic (exact) mass is 438 g/mol. The molecule has 0 heterocycles. The zero-order valence-corrected chi connectivity index (χ0v) is 20.7. The second kappa shape index (κ2) is 9.44. The minimum Gasteiger partial charge on any atom is -0.419 e. The molecule has 0 aromatic heterocycles. The first-order valence-electron chi connectivity index (χ1n) is 12.6. The molecule has 0 N–H and O–H groups in total. The van der Waals surface area contributed by atoms with Crippen molar-refractivity contribution in [2.75, 3.05) is 7.11 Å². The lowest BCUT2D eigenvalue weighted by atomic mass is 9.89. The van der Waals surface area contributed by atoms with Crippen LogP contribution in [0.25, 0.3) is 6.08 Å². The zero-order valence-electron chi connectivity index (χ0n) is 18.7. The third-order valence-electron chi connectivity index (χ3n) is 8.64. The quantitative estimate of drug-likeness (QED) is 0.418. The lowest BCUT2D eigenvalue weighted by Gasteiger charge is -2.41. The molecular weight excluding hydrogens is 400 g/mol. The van der Waals surface area contributed by atoms with Crippen LogP contribution in [0.4, 0.5) is 0 Å². The summed E-state index contributed by atoms with van der Waals surface area (Å²) in [6.45, 7) is 0. The Morgan fingerprint density at radius 2 is 1.47 bits per heavy atom. The van der Waals surface area contributed by atoms with Crippen molar-refractivity contribution in [1.82, 2.24) is 0 Å². The first-order valence-corrected chi connectivity index (χ1v) is 16.5. The van der Waals surface area contributed by atoms with Gasteiger partial charge >= 0.3 is 0 Å². The van der Waals surface area contributed by atoms with E-state index in [1.54, 1.807) is 0 Å². The molecule has 4 aliphatic rings. The van der Waals surface area contributed by atoms with Crippen LogP contribution in [0, 0.1) is 11.8 Å². The number of fused-ring (bicyclic) bond motifs is 1. The normalized spacial score (nSPS) is 27.3. The van der Waals surface area contributed by atoms with Gasteiger partial charge in [-0.15, -0.1) is 0 Å². The van der Waals surface area contributed by atoms with Gasteiger partial charge in [-0.05, 0) is 54.2 Å². The Kier molecular flexibility index (Phi) is 6.66. The summed E-state index contributed by atoms with van der Waals surface area (Å²) in [7, 11) is 0.496. The molecule has 0 bridgehead atoms. The Bertz CT molecular complexity index is 716. The van der Waals surface area contributed by atoms with E-state index in [1.165, 1.54) is 88.2 Å². The summed E-state index contributed by atoms with van der Waals surface area (Å²) >= 11 is 0. The van der Waals surface area contributed by atoms with Gasteiger partial charge in [0, 0.05) is 18.8 Å². The third-order valence-corrected chi connectivity index (χ3v) is 17.3. The van der Waals surface area contributed by atoms with Gasteiger partial charge in [0.2, 0.25) is 17.1 Å². The molecule has 0 aliphatic heterocycles. The summed E-state index contributed by atoms with van der Waals surface area (Å²) in [5.41, 5.74) is 4.12. The molecule has 162 valence electrons. The maximum absolute atomic E-state index is 7.14. The van der Waals surface area contributed by atoms with E-state index >= 15 is 0 Å². The molecule has 2 radical (unpaired) electrons. The largest absolute Gasteiger partial charge is 0.419 e. The Hall–Kier alpha value is -0.686. The smallest absolute Gasteiger partial charge is 0.249 e. The summed E-state index contributed by atoms with van der Waals surface area (Å²) in [6, 6.07) is 9.02. The van der Waals surface area contributed by atoms with Gasteiger partial charge in [-0.3, -0.25) is 0 Å². The molecule has 2 unspecified atom stereocenters. The van der Waals surface area contributed by atoms with E-state index in [4.69, 9.17) is 8.85 Å². The van der Waals surface area contributed by atoms with Crippen molar-refractivity contribution in [2.24, 2.45) is 11.8 Å². The highest BCUT2D eigenvalue weighted by Crippen LogP contribution is 2.49. The van der Waals surface area contributed by atoms with Crippen molar-refractivity contribution in [2.45, 2.75) is 94.2 Å². The first-order chi connectivity index (χ1) is 14.8. The second-order valence-corrected chi connectivity index (χ2v) is 17.0. The molecule has 1 aromatic carbocycles. The summed E-state index contributed by atoms with van der Waals surface area (Å²) in [5.74, 6) is 1.61. The minimum absolute atomic E-state index is 0.466. The van der Waals surface area contributed by atoms with Crippen molar-refractivity contribution in [3.63, 3.8) is 0 Å². The average molecular weight is 439 g/mol. The predicted octanol–water partition coefficient (Wildman–Crippen LogP) is 6.75. The molecule has 4 heteroatoms. The number of hydrogen-bond acceptors (Lipinski definition) is 2. The fraction of sp³-hybridized carbons (Fsp3) is 0.692. The van der Waals surface area contributed by atoms with E-state index in [1.807, 2.05) is 7.11 Å². The Morgan fingerprint density at radius 1 is 0.867 bits per heavy atom. The van der Waals surface area contributed by atoms with Crippen molar-refractivity contribution in [1.29, 1.82) is 0 Å². The van der Waals surface area contributed by atoms with Crippen molar-refractivity contribution in [3.8, 4) is 0 Å². The highest BCUT2D eigenvalue weighted by atomic mass is 29.2. The Balaban J connectivity index is 1.42. The van der Waals surface area contributed by atoms with Crippen LogP contribution in [-0.4, -0.2) is 30.3 Å². The molecule has 1 aromatic rings. The molecule has 3 fully saturated rings. The lowest BCUT2D eigenvalue weighted by molar-refractivity contribution is 0.0844. The third kappa shape index (κ3) is 3.94. The van der Waals surface area contributed by atoms with E-state index in [0.29, 0.717) is 20.9 Å². The number of benzene rings is 1. The maximum Gasteiger partial charge on any atom is 0.249 e. The van der Waals surface area contributed by atoms with E-state index in [-0.39, 0.29) is 0 Å². The molecule has 2 nitrogen and oxygen atoms in total. The first kappa shape index (κ1) is 21.2. The summed E-state index contributed by atoms with van der Waals surface area (Å²) < 4.78 is 13.9. The van der Waals surface area contributed by atoms with Gasteiger partial charge < -0.3 is 8.85 Å². The van der Waals surface area contributed by atoms with Crippen LogP contribution >= 0.6 is 0 Å². The van der Waals surface area contributed by atoms with Crippen LogP contribution in [-0.2, 0) is 8.85 Å². The van der Waals surface area contributed by atoms with Crippen LogP contribution in [0.3, 0.4) is 0 Å². The van der Waals surface area contributed by atoms with E-state index in [9.17, 15) is 0 Å². The minimum atomic E-state index is -2.10. The lowest BCUT2D eigenvalue weighted by Crippen LogP contribution is -2.56. The van der Waals surface area contributed by atoms with Crippen molar-refractivity contribution in [3.05, 3.63) is 41.5 Å². The second-order valence-electron chi connectivity index (χ2n) is 10.2. The standard InChI is InChI=1S/C26H38O2Si2/c1-27-30(23-15-7-8-16-23,25-19-18-20-10-6-9-17-24(20)25)29-28-26(21-11-2-3-12-21)22-13-4-5-14-22/h6,9-10,17-19,21-23,25-26H,2-5,7-8,11-16H2,1H3. The molecule has 4 aliphatic carbocycles. The Labute approximate surface area is 186 Å². The SMILES string of the molecule is CO[Si]([Si]OC(C1CCCC1)C1CCCC1)(C1CCCC1)C1C=Cc2ccccc21. The molecule has 30 heavy (non-hydrogen) atoms. The number of rotatable bonds is 8.